The summed E-state index contributed by atoms with van der Waals surface area (Å²) in [5.41, 5.74) is 2.33. The molecule has 0 saturated carbocycles. The van der Waals surface area contributed by atoms with Gasteiger partial charge in [-0.2, -0.15) is 5.10 Å². The number of alkyl halides is 4. The first kappa shape index (κ1) is 26.7. The molecule has 1 fully saturated rings. The summed E-state index contributed by atoms with van der Waals surface area (Å²) in [4.78, 5) is 29.4. The maximum absolute atomic E-state index is 13.3. The van der Waals surface area contributed by atoms with Gasteiger partial charge in [-0.1, -0.05) is 30.3 Å². The number of amides is 2. The molecule has 3 aromatic rings. The third-order valence-corrected chi connectivity index (χ3v) is 7.34. The highest BCUT2D eigenvalue weighted by molar-refractivity contribution is 5.95. The van der Waals surface area contributed by atoms with Crippen LogP contribution in [0.1, 0.15) is 64.6 Å². The number of hydrogen-bond donors (Lipinski definition) is 1. The highest BCUT2D eigenvalue weighted by Crippen LogP contribution is 2.30. The van der Waals surface area contributed by atoms with Gasteiger partial charge in [-0.05, 0) is 54.7 Å². The Morgan fingerprint density at radius 3 is 2.46 bits per heavy atom. The van der Waals surface area contributed by atoms with Gasteiger partial charge in [-0.25, -0.2) is 17.6 Å². The molecule has 0 spiro atoms. The number of rotatable bonds is 7. The van der Waals surface area contributed by atoms with Gasteiger partial charge in [-0.15, -0.1) is 0 Å². The first-order valence-electron chi connectivity index (χ1n) is 13.0. The van der Waals surface area contributed by atoms with Crippen LogP contribution in [0.5, 0.6) is 0 Å². The molecular formula is C28H29F4N5O2. The SMILES string of the molecule is O=C(NC1CCCc2ccccc21)c1cccc(N2CCN(C(=O)Cn3nc(C(F)F)cc3C(F)F)CC2)c1. The fraction of sp³-hybridized carbons (Fsp3) is 0.393. The van der Waals surface area contributed by atoms with E-state index in [4.69, 9.17) is 0 Å². The molecule has 39 heavy (non-hydrogen) atoms. The third-order valence-electron chi connectivity index (χ3n) is 7.34. The van der Waals surface area contributed by atoms with Crippen LogP contribution in [0.15, 0.2) is 54.6 Å². The van der Waals surface area contributed by atoms with Crippen LogP contribution in [0.25, 0.3) is 0 Å². The van der Waals surface area contributed by atoms with Gasteiger partial charge in [-0.3, -0.25) is 14.3 Å². The molecule has 1 aliphatic carbocycles. The van der Waals surface area contributed by atoms with E-state index in [2.05, 4.69) is 22.5 Å². The van der Waals surface area contributed by atoms with E-state index in [0.717, 1.165) is 30.5 Å². The van der Waals surface area contributed by atoms with Gasteiger partial charge in [0.2, 0.25) is 5.91 Å². The molecule has 7 nitrogen and oxygen atoms in total. The molecule has 2 aliphatic rings. The lowest BCUT2D eigenvalue weighted by atomic mass is 9.87. The number of carbonyl (C=O) groups is 2. The molecule has 2 amide bonds. The second kappa shape index (κ2) is 11.5. The number of carbonyl (C=O) groups excluding carboxylic acids is 2. The maximum Gasteiger partial charge on any atom is 0.282 e. The summed E-state index contributed by atoms with van der Waals surface area (Å²) in [5.74, 6) is -0.619. The van der Waals surface area contributed by atoms with E-state index < -0.39 is 36.7 Å². The average molecular weight is 544 g/mol. The number of halogens is 4. The monoisotopic (exact) mass is 543 g/mol. The van der Waals surface area contributed by atoms with E-state index in [9.17, 15) is 27.2 Å². The number of fused-ring (bicyclic) bond motifs is 1. The third kappa shape index (κ3) is 5.91. The van der Waals surface area contributed by atoms with Crippen molar-refractivity contribution >= 4 is 17.5 Å². The molecule has 1 aromatic heterocycles. The van der Waals surface area contributed by atoms with Gasteiger partial charge in [0.1, 0.15) is 17.9 Å². The van der Waals surface area contributed by atoms with Crippen molar-refractivity contribution in [2.24, 2.45) is 0 Å². The van der Waals surface area contributed by atoms with Crippen LogP contribution in [-0.2, 0) is 17.8 Å². The first-order valence-corrected chi connectivity index (χ1v) is 13.0. The molecule has 2 heterocycles. The zero-order chi connectivity index (χ0) is 27.5. The van der Waals surface area contributed by atoms with E-state index in [1.54, 1.807) is 6.07 Å². The quantitative estimate of drug-likeness (QED) is 0.430. The van der Waals surface area contributed by atoms with Crippen LogP contribution in [0.4, 0.5) is 23.2 Å². The van der Waals surface area contributed by atoms with Crippen molar-refractivity contribution in [3.8, 4) is 0 Å². The second-order valence-electron chi connectivity index (χ2n) is 9.79. The maximum atomic E-state index is 13.3. The Balaban J connectivity index is 1.19. The molecule has 1 aliphatic heterocycles. The van der Waals surface area contributed by atoms with Crippen LogP contribution in [0, 0.1) is 0 Å². The molecule has 5 rings (SSSR count). The van der Waals surface area contributed by atoms with E-state index in [-0.39, 0.29) is 11.9 Å². The largest absolute Gasteiger partial charge is 0.368 e. The fourth-order valence-electron chi connectivity index (χ4n) is 5.29. The molecule has 1 unspecified atom stereocenters. The molecule has 2 aromatic carbocycles. The summed E-state index contributed by atoms with van der Waals surface area (Å²) in [6.07, 6.45) is -3.11. The zero-order valence-electron chi connectivity index (χ0n) is 21.2. The van der Waals surface area contributed by atoms with Crippen LogP contribution in [0.2, 0.25) is 0 Å². The Hall–Kier alpha value is -3.89. The number of benzene rings is 2. The molecular weight excluding hydrogens is 514 g/mol. The van der Waals surface area contributed by atoms with Gasteiger partial charge in [0.25, 0.3) is 18.8 Å². The molecule has 206 valence electrons. The molecule has 1 N–H and O–H groups in total. The number of aromatic nitrogens is 2. The van der Waals surface area contributed by atoms with Crippen LogP contribution < -0.4 is 10.2 Å². The summed E-state index contributed by atoms with van der Waals surface area (Å²) in [7, 11) is 0. The molecule has 0 radical (unpaired) electrons. The van der Waals surface area contributed by atoms with Crippen molar-refractivity contribution in [2.45, 2.75) is 44.7 Å². The average Bonchev–Trinajstić information content (AvgIpc) is 3.38. The summed E-state index contributed by atoms with van der Waals surface area (Å²) >= 11 is 0. The minimum atomic E-state index is -3.02. The van der Waals surface area contributed by atoms with Crippen LogP contribution in [0.3, 0.4) is 0 Å². The lowest BCUT2D eigenvalue weighted by Crippen LogP contribution is -2.49. The summed E-state index contributed by atoms with van der Waals surface area (Å²) in [6, 6.07) is 16.1. The second-order valence-corrected chi connectivity index (χ2v) is 9.79. The molecule has 1 atom stereocenters. The number of nitrogens with zero attached hydrogens (tertiary/aromatic N) is 4. The topological polar surface area (TPSA) is 70.5 Å². The van der Waals surface area contributed by atoms with E-state index >= 15 is 0 Å². The minimum Gasteiger partial charge on any atom is -0.368 e. The summed E-state index contributed by atoms with van der Waals surface area (Å²) < 4.78 is 53.0. The normalized spacial score (nSPS) is 17.4. The van der Waals surface area contributed by atoms with Gasteiger partial charge in [0, 0.05) is 37.4 Å². The number of aryl methyl sites for hydroxylation is 1. The Morgan fingerprint density at radius 1 is 0.949 bits per heavy atom. The Morgan fingerprint density at radius 2 is 1.72 bits per heavy atom. The van der Waals surface area contributed by atoms with E-state index in [1.165, 1.54) is 10.5 Å². The fourth-order valence-corrected chi connectivity index (χ4v) is 5.29. The molecule has 1 saturated heterocycles. The van der Waals surface area contributed by atoms with E-state index in [1.807, 2.05) is 35.2 Å². The van der Waals surface area contributed by atoms with Gasteiger partial charge >= 0.3 is 0 Å². The van der Waals surface area contributed by atoms with Crippen molar-refractivity contribution in [1.29, 1.82) is 0 Å². The highest BCUT2D eigenvalue weighted by Gasteiger charge is 2.27. The van der Waals surface area contributed by atoms with Crippen molar-refractivity contribution < 1.29 is 27.2 Å². The lowest BCUT2D eigenvalue weighted by Gasteiger charge is -2.36. The zero-order valence-corrected chi connectivity index (χ0v) is 21.2. The first-order chi connectivity index (χ1) is 18.8. The Bertz CT molecular complexity index is 1340. The predicted molar refractivity (Wildman–Crippen MR) is 137 cm³/mol. The predicted octanol–water partition coefficient (Wildman–Crippen LogP) is 4.91. The number of nitrogens with one attached hydrogen (secondary N) is 1. The molecule has 0 bridgehead atoms. The van der Waals surface area contributed by atoms with Crippen molar-refractivity contribution in [2.75, 3.05) is 31.1 Å². The van der Waals surface area contributed by atoms with Gasteiger partial charge in [0.15, 0.2) is 0 Å². The van der Waals surface area contributed by atoms with Gasteiger partial charge in [0.05, 0.1) is 6.04 Å². The van der Waals surface area contributed by atoms with E-state index in [0.29, 0.717) is 42.5 Å². The number of hydrogen-bond acceptors (Lipinski definition) is 4. The minimum absolute atomic E-state index is 0.0298. The Labute approximate surface area is 223 Å². The standard InChI is InChI=1S/C28H29F4N5O2/c29-26(30)23-16-24(27(31)32)37(34-23)17-25(38)36-13-11-35(12-14-36)20-8-3-7-19(15-20)28(39)33-22-10-4-6-18-5-1-2-9-21(18)22/h1-3,5,7-9,15-16,22,26-27H,4,6,10-14,17H2,(H,33,39). The van der Waals surface area contributed by atoms with Crippen molar-refractivity contribution in [1.82, 2.24) is 20.0 Å². The van der Waals surface area contributed by atoms with Crippen LogP contribution in [-0.4, -0.2) is 52.7 Å². The summed E-state index contributed by atoms with van der Waals surface area (Å²) in [6.45, 7) is 1.04. The van der Waals surface area contributed by atoms with Gasteiger partial charge < -0.3 is 15.1 Å². The van der Waals surface area contributed by atoms with Crippen LogP contribution >= 0.6 is 0 Å². The molecule has 11 heteroatoms. The van der Waals surface area contributed by atoms with Crippen molar-refractivity contribution in [3.05, 3.63) is 82.7 Å². The van der Waals surface area contributed by atoms with Crippen molar-refractivity contribution in [3.63, 3.8) is 0 Å². The smallest absolute Gasteiger partial charge is 0.282 e. The Kier molecular flexibility index (Phi) is 7.85. The highest BCUT2D eigenvalue weighted by atomic mass is 19.3. The number of anilines is 1. The number of piperazine rings is 1. The lowest BCUT2D eigenvalue weighted by molar-refractivity contribution is -0.132. The summed E-state index contributed by atoms with van der Waals surface area (Å²) in [5, 5.41) is 6.67.